The highest BCUT2D eigenvalue weighted by Gasteiger charge is 2.23. The van der Waals surface area contributed by atoms with E-state index < -0.39 is 23.9 Å². The number of carbonyl (C=O) groups is 3. The molecule has 178 valence electrons. The molecule has 0 radical (unpaired) electrons. The van der Waals surface area contributed by atoms with Crippen LogP contribution in [-0.4, -0.2) is 39.0 Å². The van der Waals surface area contributed by atoms with Crippen LogP contribution in [-0.2, 0) is 9.53 Å². The molecule has 8 nitrogen and oxygen atoms in total. The highest BCUT2D eigenvalue weighted by molar-refractivity contribution is 6.34. The Bertz CT molecular complexity index is 1430. The van der Waals surface area contributed by atoms with Crippen molar-refractivity contribution in [3.05, 3.63) is 82.4 Å². The molecular weight excluding hydrogens is 470 g/mol. The summed E-state index contributed by atoms with van der Waals surface area (Å²) in [4.78, 5) is 44.5. The van der Waals surface area contributed by atoms with Gasteiger partial charge in [-0.05, 0) is 49.7 Å². The number of amides is 1. The van der Waals surface area contributed by atoms with Crippen molar-refractivity contribution in [3.8, 4) is 11.4 Å². The van der Waals surface area contributed by atoms with Crippen molar-refractivity contribution in [2.75, 3.05) is 5.32 Å². The van der Waals surface area contributed by atoms with E-state index in [1.54, 1.807) is 25.1 Å². The van der Waals surface area contributed by atoms with Gasteiger partial charge in [0, 0.05) is 5.56 Å². The van der Waals surface area contributed by atoms with Crippen molar-refractivity contribution in [1.29, 1.82) is 0 Å². The zero-order chi connectivity index (χ0) is 25.1. The molecule has 0 spiro atoms. The summed E-state index contributed by atoms with van der Waals surface area (Å²) in [6.45, 7) is 3.70. The normalized spacial score (nSPS) is 11.7. The van der Waals surface area contributed by atoms with Crippen LogP contribution in [0, 0.1) is 6.92 Å². The maximum Gasteiger partial charge on any atom is 0.338 e. The molecule has 0 aliphatic rings. The number of imidazole rings is 1. The first kappa shape index (κ1) is 24.0. The van der Waals surface area contributed by atoms with E-state index in [4.69, 9.17) is 21.4 Å². The number of aromatic nitrogens is 2. The zero-order valence-corrected chi connectivity index (χ0v) is 19.7. The molecule has 3 aromatic carbocycles. The molecule has 0 saturated heterocycles. The number of carboxylic acid groups (broad SMARTS) is 1. The summed E-state index contributed by atoms with van der Waals surface area (Å²) >= 11 is 6.08. The van der Waals surface area contributed by atoms with Crippen LogP contribution in [0.3, 0.4) is 0 Å². The molecule has 3 N–H and O–H groups in total. The molecule has 0 aliphatic carbocycles. The van der Waals surface area contributed by atoms with Gasteiger partial charge in [-0.3, -0.25) is 4.79 Å². The highest BCUT2D eigenvalue weighted by atomic mass is 35.5. The van der Waals surface area contributed by atoms with Crippen LogP contribution in [0.5, 0.6) is 0 Å². The fraction of sp³-hybridized carbons (Fsp3) is 0.154. The number of nitrogens with one attached hydrogen (secondary N) is 2. The lowest BCUT2D eigenvalue weighted by Crippen LogP contribution is -2.32. The number of hydrogen-bond donors (Lipinski definition) is 3. The molecule has 0 aliphatic heterocycles. The van der Waals surface area contributed by atoms with E-state index >= 15 is 0 Å². The topological polar surface area (TPSA) is 121 Å². The minimum Gasteiger partial charge on any atom is -0.478 e. The van der Waals surface area contributed by atoms with Crippen molar-refractivity contribution < 1.29 is 24.2 Å². The number of esters is 1. The predicted molar refractivity (Wildman–Crippen MR) is 133 cm³/mol. The average Bonchev–Trinajstić information content (AvgIpc) is 3.27. The number of nitrogens with zero attached hydrogens (tertiary/aromatic N) is 1. The number of aromatic carboxylic acids is 1. The first-order chi connectivity index (χ1) is 16.7. The lowest BCUT2D eigenvalue weighted by molar-refractivity contribution is -0.124. The SMILES string of the molecule is CCC(OC(=O)c1ccc2nc(-c3ccc(C)cc3)[nH]c2c1)C(=O)Nc1cc(C(=O)O)ccc1Cl. The van der Waals surface area contributed by atoms with E-state index in [1.165, 1.54) is 18.2 Å². The van der Waals surface area contributed by atoms with Crippen molar-refractivity contribution in [2.24, 2.45) is 0 Å². The van der Waals surface area contributed by atoms with Gasteiger partial charge in [-0.1, -0.05) is 48.4 Å². The van der Waals surface area contributed by atoms with Gasteiger partial charge in [0.15, 0.2) is 6.10 Å². The highest BCUT2D eigenvalue weighted by Crippen LogP contribution is 2.25. The third-order valence-electron chi connectivity index (χ3n) is 5.43. The van der Waals surface area contributed by atoms with Gasteiger partial charge in [-0.15, -0.1) is 0 Å². The first-order valence-corrected chi connectivity index (χ1v) is 11.2. The summed E-state index contributed by atoms with van der Waals surface area (Å²) in [6, 6.07) is 16.8. The standard InChI is InChI=1S/C26H22ClN3O5/c1-3-22(24(31)30-20-12-16(25(32)33)8-10-18(20)27)35-26(34)17-9-11-19-21(13-17)29-23(28-19)15-6-4-14(2)5-7-15/h4-13,22H,3H2,1-2H3,(H,28,29)(H,30,31)(H,32,33). The van der Waals surface area contributed by atoms with Gasteiger partial charge in [-0.2, -0.15) is 0 Å². The number of H-pyrrole nitrogens is 1. The Morgan fingerprint density at radius 1 is 1.06 bits per heavy atom. The van der Waals surface area contributed by atoms with Gasteiger partial charge >= 0.3 is 11.9 Å². The van der Waals surface area contributed by atoms with E-state index in [0.717, 1.165) is 11.1 Å². The predicted octanol–water partition coefficient (Wildman–Crippen LogP) is 5.46. The average molecular weight is 492 g/mol. The second kappa shape index (κ2) is 9.99. The second-order valence-corrected chi connectivity index (χ2v) is 8.38. The molecule has 4 rings (SSSR count). The van der Waals surface area contributed by atoms with Crippen LogP contribution < -0.4 is 5.32 Å². The van der Waals surface area contributed by atoms with Crippen LogP contribution in [0.15, 0.2) is 60.7 Å². The number of anilines is 1. The van der Waals surface area contributed by atoms with Crippen LogP contribution in [0.2, 0.25) is 5.02 Å². The Labute approximate surface area is 205 Å². The monoisotopic (exact) mass is 491 g/mol. The molecular formula is C26H22ClN3O5. The van der Waals surface area contributed by atoms with Crippen LogP contribution in [0.1, 0.15) is 39.6 Å². The van der Waals surface area contributed by atoms with E-state index in [2.05, 4.69) is 15.3 Å². The lowest BCUT2D eigenvalue weighted by Gasteiger charge is -2.17. The van der Waals surface area contributed by atoms with E-state index in [9.17, 15) is 14.4 Å². The zero-order valence-electron chi connectivity index (χ0n) is 19.0. The van der Waals surface area contributed by atoms with Gasteiger partial charge < -0.3 is 20.1 Å². The Morgan fingerprint density at radius 3 is 2.46 bits per heavy atom. The van der Waals surface area contributed by atoms with Crippen LogP contribution in [0.4, 0.5) is 5.69 Å². The maximum atomic E-state index is 12.8. The van der Waals surface area contributed by atoms with Crippen LogP contribution in [0.25, 0.3) is 22.4 Å². The number of aromatic amines is 1. The summed E-state index contributed by atoms with van der Waals surface area (Å²) in [5.74, 6) is -1.77. The maximum absolute atomic E-state index is 12.8. The third-order valence-corrected chi connectivity index (χ3v) is 5.76. The van der Waals surface area contributed by atoms with Crippen molar-refractivity contribution >= 4 is 46.2 Å². The summed E-state index contributed by atoms with van der Waals surface area (Å²) in [5, 5.41) is 11.9. The van der Waals surface area contributed by atoms with Crippen molar-refractivity contribution in [2.45, 2.75) is 26.4 Å². The molecule has 1 amide bonds. The molecule has 0 fully saturated rings. The Kier molecular flexibility index (Phi) is 6.84. The smallest absolute Gasteiger partial charge is 0.338 e. The number of carbonyl (C=O) groups excluding carboxylic acids is 2. The molecule has 0 saturated carbocycles. The summed E-state index contributed by atoms with van der Waals surface area (Å²) in [7, 11) is 0. The van der Waals surface area contributed by atoms with Gasteiger partial charge in [0.05, 0.1) is 32.9 Å². The van der Waals surface area contributed by atoms with Gasteiger partial charge in [0.1, 0.15) is 5.82 Å². The van der Waals surface area contributed by atoms with Gasteiger partial charge in [0.25, 0.3) is 5.91 Å². The molecule has 1 heterocycles. The fourth-order valence-electron chi connectivity index (χ4n) is 3.47. The van der Waals surface area contributed by atoms with Crippen LogP contribution >= 0.6 is 11.6 Å². The number of fused-ring (bicyclic) bond motifs is 1. The third kappa shape index (κ3) is 5.33. The number of hydrogen-bond acceptors (Lipinski definition) is 5. The Balaban J connectivity index is 1.50. The molecule has 9 heteroatoms. The van der Waals surface area contributed by atoms with Gasteiger partial charge in [-0.25, -0.2) is 14.6 Å². The van der Waals surface area contributed by atoms with E-state index in [0.29, 0.717) is 16.9 Å². The minimum atomic E-state index is -1.16. The largest absolute Gasteiger partial charge is 0.478 e. The summed E-state index contributed by atoms with van der Waals surface area (Å²) in [5.41, 5.74) is 3.75. The number of carboxylic acids is 1. The number of aryl methyl sites for hydroxylation is 1. The van der Waals surface area contributed by atoms with Crippen molar-refractivity contribution in [3.63, 3.8) is 0 Å². The van der Waals surface area contributed by atoms with Gasteiger partial charge in [0.2, 0.25) is 0 Å². The Hall–Kier alpha value is -4.17. The molecule has 4 aromatic rings. The number of halogens is 1. The van der Waals surface area contributed by atoms with E-state index in [1.807, 2.05) is 31.2 Å². The van der Waals surface area contributed by atoms with E-state index in [-0.39, 0.29) is 28.3 Å². The molecule has 1 aromatic heterocycles. The molecule has 35 heavy (non-hydrogen) atoms. The Morgan fingerprint density at radius 2 is 1.77 bits per heavy atom. The summed E-state index contributed by atoms with van der Waals surface area (Å²) < 4.78 is 5.45. The first-order valence-electron chi connectivity index (χ1n) is 10.9. The molecule has 1 unspecified atom stereocenters. The number of rotatable bonds is 7. The fourth-order valence-corrected chi connectivity index (χ4v) is 3.64. The number of benzene rings is 3. The van der Waals surface area contributed by atoms with Crippen molar-refractivity contribution in [1.82, 2.24) is 9.97 Å². The minimum absolute atomic E-state index is 0.0346. The molecule has 1 atom stereocenters. The number of ether oxygens (including phenoxy) is 1. The molecule has 0 bridgehead atoms. The quantitative estimate of drug-likeness (QED) is 0.295. The summed E-state index contributed by atoms with van der Waals surface area (Å²) in [6.07, 6.45) is -0.898. The second-order valence-electron chi connectivity index (χ2n) is 7.97. The lowest BCUT2D eigenvalue weighted by atomic mass is 10.1.